The molecule has 144 valence electrons. The van der Waals surface area contributed by atoms with Crippen molar-refractivity contribution in [1.29, 1.82) is 0 Å². The number of nitrogens with zero attached hydrogens (tertiary/aromatic N) is 2. The lowest BCUT2D eigenvalue weighted by Gasteiger charge is -2.18. The number of rotatable bonds is 4. The summed E-state index contributed by atoms with van der Waals surface area (Å²) >= 11 is 5.82. The molecule has 9 heteroatoms. The van der Waals surface area contributed by atoms with Crippen LogP contribution in [0.1, 0.15) is 17.5 Å². The summed E-state index contributed by atoms with van der Waals surface area (Å²) in [5.41, 5.74) is 0.151. The quantitative estimate of drug-likeness (QED) is 0.823. The highest BCUT2D eigenvalue weighted by Crippen LogP contribution is 2.29. The number of hydrogen-bond donors (Lipinski definition) is 2. The topological polar surface area (TPSA) is 57.3 Å². The lowest BCUT2D eigenvalue weighted by Crippen LogP contribution is -2.43. The van der Waals surface area contributed by atoms with Gasteiger partial charge in [0.2, 0.25) is 0 Å². The Balaban J connectivity index is 1.47. The van der Waals surface area contributed by atoms with Crippen molar-refractivity contribution in [3.05, 3.63) is 58.7 Å². The van der Waals surface area contributed by atoms with E-state index in [0.717, 1.165) is 17.8 Å². The van der Waals surface area contributed by atoms with Crippen LogP contribution < -0.4 is 15.5 Å². The summed E-state index contributed by atoms with van der Waals surface area (Å²) in [7, 11) is 0. The number of amides is 2. The summed E-state index contributed by atoms with van der Waals surface area (Å²) in [5, 5.41) is 6.27. The van der Waals surface area contributed by atoms with Crippen molar-refractivity contribution in [2.75, 3.05) is 18.0 Å². The monoisotopic (exact) mass is 398 g/mol. The Morgan fingerprint density at radius 1 is 1.22 bits per heavy atom. The van der Waals surface area contributed by atoms with Crippen molar-refractivity contribution in [3.8, 4) is 0 Å². The fraction of sp³-hybridized carbons (Fsp3) is 0.333. The number of pyridine rings is 1. The highest BCUT2D eigenvalue weighted by atomic mass is 35.5. The van der Waals surface area contributed by atoms with E-state index in [9.17, 15) is 18.0 Å². The normalized spacial score (nSPS) is 17.0. The van der Waals surface area contributed by atoms with E-state index in [1.165, 1.54) is 6.07 Å². The molecule has 1 aliphatic rings. The van der Waals surface area contributed by atoms with Gasteiger partial charge in [0, 0.05) is 36.9 Å². The number of nitrogens with one attached hydrogen (secondary N) is 2. The van der Waals surface area contributed by atoms with Crippen molar-refractivity contribution in [3.63, 3.8) is 0 Å². The van der Waals surface area contributed by atoms with Crippen LogP contribution in [0.2, 0.25) is 5.02 Å². The standard InChI is InChI=1S/C18H18ClF3N4O/c19-14-4-1-12(2-5-14)9-24-17(27)25-15-7-8-26(11-15)16-6-3-13(10-23-16)18(20,21)22/h1-6,10,15H,7-9,11H2,(H2,24,25,27)/t15-/m1/s1. The minimum absolute atomic E-state index is 0.0979. The van der Waals surface area contributed by atoms with Crippen LogP contribution in [-0.2, 0) is 12.7 Å². The molecular weight excluding hydrogens is 381 g/mol. The van der Waals surface area contributed by atoms with E-state index in [1.54, 1.807) is 12.1 Å². The first kappa shape index (κ1) is 19.3. The highest BCUT2D eigenvalue weighted by Gasteiger charge is 2.31. The average Bonchev–Trinajstić information content (AvgIpc) is 3.09. The second kappa shape index (κ2) is 8.04. The van der Waals surface area contributed by atoms with Crippen LogP contribution >= 0.6 is 11.6 Å². The molecule has 1 aromatic heterocycles. The molecule has 1 aliphatic heterocycles. The maximum atomic E-state index is 12.6. The van der Waals surface area contributed by atoms with Gasteiger partial charge in [-0.3, -0.25) is 0 Å². The number of anilines is 1. The van der Waals surface area contributed by atoms with Crippen LogP contribution in [0.3, 0.4) is 0 Å². The molecule has 2 amide bonds. The van der Waals surface area contributed by atoms with Gasteiger partial charge in [0.05, 0.1) is 5.56 Å². The number of hydrogen-bond acceptors (Lipinski definition) is 3. The summed E-state index contributed by atoms with van der Waals surface area (Å²) in [6.45, 7) is 1.48. The van der Waals surface area contributed by atoms with Crippen molar-refractivity contribution in [1.82, 2.24) is 15.6 Å². The summed E-state index contributed by atoms with van der Waals surface area (Å²) in [5.74, 6) is 0.467. The smallest absolute Gasteiger partial charge is 0.354 e. The van der Waals surface area contributed by atoms with Gasteiger partial charge in [-0.05, 0) is 36.2 Å². The van der Waals surface area contributed by atoms with Crippen LogP contribution in [0.15, 0.2) is 42.6 Å². The van der Waals surface area contributed by atoms with Gasteiger partial charge in [0.1, 0.15) is 5.82 Å². The zero-order chi connectivity index (χ0) is 19.4. The number of aromatic nitrogens is 1. The van der Waals surface area contributed by atoms with E-state index in [4.69, 9.17) is 11.6 Å². The first-order chi connectivity index (χ1) is 12.8. The molecular formula is C18H18ClF3N4O. The third-order valence-corrected chi connectivity index (χ3v) is 4.54. The van der Waals surface area contributed by atoms with E-state index >= 15 is 0 Å². The first-order valence-corrected chi connectivity index (χ1v) is 8.76. The zero-order valence-corrected chi connectivity index (χ0v) is 15.0. The number of urea groups is 1. The average molecular weight is 399 g/mol. The van der Waals surface area contributed by atoms with Gasteiger partial charge in [-0.2, -0.15) is 13.2 Å². The molecule has 0 bridgehead atoms. The molecule has 1 atom stereocenters. The molecule has 1 fully saturated rings. The van der Waals surface area contributed by atoms with Crippen LogP contribution in [0.4, 0.5) is 23.8 Å². The van der Waals surface area contributed by atoms with Crippen molar-refractivity contribution in [2.45, 2.75) is 25.2 Å². The van der Waals surface area contributed by atoms with E-state index in [1.807, 2.05) is 17.0 Å². The fourth-order valence-electron chi connectivity index (χ4n) is 2.85. The second-order valence-electron chi connectivity index (χ2n) is 6.29. The van der Waals surface area contributed by atoms with E-state index in [0.29, 0.717) is 36.9 Å². The predicted octanol–water partition coefficient (Wildman–Crippen LogP) is 3.83. The minimum Gasteiger partial charge on any atom is -0.354 e. The molecule has 0 radical (unpaired) electrons. The van der Waals surface area contributed by atoms with Gasteiger partial charge in [0.25, 0.3) is 0 Å². The molecule has 0 spiro atoms. The molecule has 2 aromatic rings. The second-order valence-corrected chi connectivity index (χ2v) is 6.72. The number of benzene rings is 1. The lowest BCUT2D eigenvalue weighted by atomic mass is 10.2. The Labute approximate surface area is 159 Å². The molecule has 1 aromatic carbocycles. The summed E-state index contributed by atoms with van der Waals surface area (Å²) < 4.78 is 37.8. The molecule has 3 rings (SSSR count). The van der Waals surface area contributed by atoms with E-state index < -0.39 is 11.7 Å². The molecule has 27 heavy (non-hydrogen) atoms. The van der Waals surface area contributed by atoms with Crippen LogP contribution in [0.5, 0.6) is 0 Å². The molecule has 1 saturated heterocycles. The molecule has 0 saturated carbocycles. The summed E-state index contributed by atoms with van der Waals surface area (Å²) in [6, 6.07) is 9.14. The Morgan fingerprint density at radius 2 is 1.96 bits per heavy atom. The fourth-order valence-corrected chi connectivity index (χ4v) is 2.97. The SMILES string of the molecule is O=C(NCc1ccc(Cl)cc1)N[C@@H]1CCN(c2ccc(C(F)(F)F)cn2)C1. The number of alkyl halides is 3. The summed E-state index contributed by atoms with van der Waals surface area (Å²) in [4.78, 5) is 17.8. The Bertz CT molecular complexity index is 781. The molecule has 5 nitrogen and oxygen atoms in total. The molecule has 2 N–H and O–H groups in total. The highest BCUT2D eigenvalue weighted by molar-refractivity contribution is 6.30. The molecule has 2 heterocycles. The Hall–Kier alpha value is -2.48. The van der Waals surface area contributed by atoms with Crippen molar-refractivity contribution >= 4 is 23.4 Å². The van der Waals surface area contributed by atoms with Gasteiger partial charge in [-0.15, -0.1) is 0 Å². The maximum Gasteiger partial charge on any atom is 0.417 e. The predicted molar refractivity (Wildman–Crippen MR) is 96.7 cm³/mol. The third kappa shape index (κ3) is 5.26. The molecule has 0 unspecified atom stereocenters. The van der Waals surface area contributed by atoms with Crippen molar-refractivity contribution < 1.29 is 18.0 Å². The first-order valence-electron chi connectivity index (χ1n) is 8.38. The largest absolute Gasteiger partial charge is 0.417 e. The number of carbonyl (C=O) groups is 1. The minimum atomic E-state index is -4.40. The zero-order valence-electron chi connectivity index (χ0n) is 14.3. The van der Waals surface area contributed by atoms with E-state index in [2.05, 4.69) is 15.6 Å². The van der Waals surface area contributed by atoms with Crippen LogP contribution in [0, 0.1) is 0 Å². The molecule has 0 aliphatic carbocycles. The summed E-state index contributed by atoms with van der Waals surface area (Å²) in [6.07, 6.45) is -2.88. The van der Waals surface area contributed by atoms with Gasteiger partial charge in [-0.25, -0.2) is 9.78 Å². The lowest BCUT2D eigenvalue weighted by molar-refractivity contribution is -0.137. The van der Waals surface area contributed by atoms with Gasteiger partial charge >= 0.3 is 12.2 Å². The van der Waals surface area contributed by atoms with Crippen LogP contribution in [0.25, 0.3) is 0 Å². The number of carbonyl (C=O) groups excluding carboxylic acids is 1. The van der Waals surface area contributed by atoms with Crippen LogP contribution in [-0.4, -0.2) is 30.1 Å². The van der Waals surface area contributed by atoms with E-state index in [-0.39, 0.29) is 12.1 Å². The number of halogens is 4. The maximum absolute atomic E-state index is 12.6. The van der Waals surface area contributed by atoms with Crippen molar-refractivity contribution in [2.24, 2.45) is 0 Å². The Morgan fingerprint density at radius 3 is 2.59 bits per heavy atom. The van der Waals surface area contributed by atoms with Gasteiger partial charge < -0.3 is 15.5 Å². The van der Waals surface area contributed by atoms with Gasteiger partial charge in [0.15, 0.2) is 0 Å². The third-order valence-electron chi connectivity index (χ3n) is 4.29. The van der Waals surface area contributed by atoms with Gasteiger partial charge in [-0.1, -0.05) is 23.7 Å². The Kier molecular flexibility index (Phi) is 5.74.